The lowest BCUT2D eigenvalue weighted by molar-refractivity contribution is -0.140. The number of nitrogens with zero attached hydrogens (tertiary/aromatic N) is 4. The molecule has 2 aromatic rings. The van der Waals surface area contributed by atoms with E-state index in [0.717, 1.165) is 23.0 Å². The quantitative estimate of drug-likeness (QED) is 0.286. The highest BCUT2D eigenvalue weighted by molar-refractivity contribution is 7.85. The summed E-state index contributed by atoms with van der Waals surface area (Å²) in [5, 5.41) is 5.51. The second-order valence-electron chi connectivity index (χ2n) is 9.18. The van der Waals surface area contributed by atoms with Crippen LogP contribution in [0.2, 0.25) is 0 Å². The number of alkyl halides is 3. The largest absolute Gasteiger partial charge is 0.421 e. The minimum absolute atomic E-state index is 0.0683. The van der Waals surface area contributed by atoms with E-state index < -0.39 is 51.9 Å². The lowest BCUT2D eigenvalue weighted by Gasteiger charge is -2.26. The number of nitrogens with one attached hydrogen (secondary N) is 2. The molecule has 1 aromatic heterocycles. The molecule has 4 rings (SSSR count). The van der Waals surface area contributed by atoms with Crippen molar-refractivity contribution in [2.45, 2.75) is 38.0 Å². The molecule has 0 saturated carbocycles. The normalized spacial score (nSPS) is 18.2. The Morgan fingerprint density at radius 3 is 2.54 bits per heavy atom. The van der Waals surface area contributed by atoms with Gasteiger partial charge in [0, 0.05) is 32.5 Å². The molecule has 0 spiro atoms. The number of amides is 2. The van der Waals surface area contributed by atoms with E-state index in [1.165, 1.54) is 7.11 Å². The van der Waals surface area contributed by atoms with Crippen LogP contribution in [0, 0.1) is 0 Å². The van der Waals surface area contributed by atoms with E-state index in [2.05, 4.69) is 20.6 Å². The van der Waals surface area contributed by atoms with E-state index in [1.54, 1.807) is 23.1 Å². The van der Waals surface area contributed by atoms with Crippen LogP contribution in [0.25, 0.3) is 0 Å². The van der Waals surface area contributed by atoms with Crippen LogP contribution in [-0.2, 0) is 30.6 Å². The van der Waals surface area contributed by atoms with Gasteiger partial charge in [-0.15, -0.1) is 0 Å². The lowest BCUT2D eigenvalue weighted by atomic mass is 9.91. The van der Waals surface area contributed by atoms with Crippen LogP contribution < -0.4 is 10.6 Å². The summed E-state index contributed by atoms with van der Waals surface area (Å²) in [5.74, 6) is -2.60. The average molecular weight is 573 g/mol. The van der Waals surface area contributed by atoms with Crippen molar-refractivity contribution in [2.75, 3.05) is 43.3 Å². The van der Waals surface area contributed by atoms with E-state index in [4.69, 9.17) is 9.29 Å². The second-order valence-corrected chi connectivity index (χ2v) is 10.6. The maximum atomic E-state index is 13.4. The van der Waals surface area contributed by atoms with Crippen LogP contribution in [0.15, 0.2) is 24.4 Å². The molecule has 212 valence electrons. The van der Waals surface area contributed by atoms with Crippen molar-refractivity contribution in [2.24, 2.45) is 0 Å². The maximum Gasteiger partial charge on any atom is 0.421 e. The SMILES string of the molecule is COCCNc1nc(Nc2ccc3c(c2)[C@@H]2CC[C@H]3N2C(=O)CN(CS(=O)(=O)O)C(C)=O)ncc1C(F)(F)F. The number of halogens is 3. The molecule has 0 aliphatic carbocycles. The molecule has 2 aliphatic rings. The van der Waals surface area contributed by atoms with E-state index in [-0.39, 0.29) is 31.2 Å². The van der Waals surface area contributed by atoms with Crippen molar-refractivity contribution >= 4 is 39.4 Å². The zero-order valence-corrected chi connectivity index (χ0v) is 21.8. The number of carbonyl (C=O) groups excluding carboxylic acids is 2. The number of rotatable bonds is 10. The average Bonchev–Trinajstić information content (AvgIpc) is 3.39. The van der Waals surface area contributed by atoms with Crippen LogP contribution in [0.1, 0.15) is 48.5 Å². The number of hydrogen-bond donors (Lipinski definition) is 3. The molecule has 0 radical (unpaired) electrons. The molecule has 3 N–H and O–H groups in total. The third kappa shape index (κ3) is 6.39. The molecule has 39 heavy (non-hydrogen) atoms. The topological polar surface area (TPSA) is 154 Å². The third-order valence-corrected chi connectivity index (χ3v) is 7.16. The van der Waals surface area contributed by atoms with Gasteiger partial charge in [-0.2, -0.15) is 26.6 Å². The van der Waals surface area contributed by atoms with Crippen LogP contribution in [-0.4, -0.2) is 77.2 Å². The summed E-state index contributed by atoms with van der Waals surface area (Å²) >= 11 is 0. The van der Waals surface area contributed by atoms with Crippen LogP contribution >= 0.6 is 0 Å². The zero-order valence-electron chi connectivity index (χ0n) is 21.0. The Morgan fingerprint density at radius 1 is 1.23 bits per heavy atom. The minimum atomic E-state index is -4.66. The molecular formula is C23H27F3N6O6S. The molecule has 2 amide bonds. The van der Waals surface area contributed by atoms with Gasteiger partial charge in [-0.1, -0.05) is 6.07 Å². The predicted octanol–water partition coefficient (Wildman–Crippen LogP) is 2.71. The monoisotopic (exact) mass is 572 g/mol. The zero-order chi connectivity index (χ0) is 28.5. The Balaban J connectivity index is 1.53. The lowest BCUT2D eigenvalue weighted by Crippen LogP contribution is -2.43. The fourth-order valence-corrected chi connectivity index (χ4v) is 5.56. The minimum Gasteiger partial charge on any atom is -0.383 e. The highest BCUT2D eigenvalue weighted by Crippen LogP contribution is 2.53. The fourth-order valence-electron chi connectivity index (χ4n) is 4.89. The number of benzene rings is 1. The number of ether oxygens (including phenoxy) is 1. The molecule has 1 saturated heterocycles. The van der Waals surface area contributed by atoms with Gasteiger partial charge in [0.15, 0.2) is 0 Å². The van der Waals surface area contributed by atoms with Gasteiger partial charge in [0.2, 0.25) is 17.8 Å². The second kappa shape index (κ2) is 10.9. The van der Waals surface area contributed by atoms with Crippen LogP contribution in [0.4, 0.5) is 30.6 Å². The first kappa shape index (κ1) is 28.5. The maximum absolute atomic E-state index is 13.4. The Hall–Kier alpha value is -3.50. The summed E-state index contributed by atoms with van der Waals surface area (Å²) in [4.78, 5) is 35.1. The molecule has 2 aliphatic heterocycles. The van der Waals surface area contributed by atoms with Crippen LogP contribution in [0.5, 0.6) is 0 Å². The van der Waals surface area contributed by atoms with Gasteiger partial charge >= 0.3 is 6.18 Å². The summed E-state index contributed by atoms with van der Waals surface area (Å²) in [6.45, 7) is 0.866. The first-order valence-corrected chi connectivity index (χ1v) is 13.5. The summed E-state index contributed by atoms with van der Waals surface area (Å²) in [5.41, 5.74) is 1.18. The van der Waals surface area contributed by atoms with Crippen LogP contribution in [0.3, 0.4) is 0 Å². The number of carbonyl (C=O) groups is 2. The Labute approximate surface area is 222 Å². The van der Waals surface area contributed by atoms with Gasteiger partial charge in [0.05, 0.1) is 18.7 Å². The third-order valence-electron chi connectivity index (χ3n) is 6.52. The van der Waals surface area contributed by atoms with Crippen molar-refractivity contribution in [3.05, 3.63) is 41.1 Å². The fraction of sp³-hybridized carbons (Fsp3) is 0.478. The Bertz CT molecular complexity index is 1370. The Kier molecular flexibility index (Phi) is 7.99. The Morgan fingerprint density at radius 2 is 1.92 bits per heavy atom. The number of fused-ring (bicyclic) bond motifs is 5. The number of anilines is 3. The van der Waals surface area contributed by atoms with E-state index in [0.29, 0.717) is 24.7 Å². The smallest absolute Gasteiger partial charge is 0.383 e. The first-order valence-electron chi connectivity index (χ1n) is 11.9. The van der Waals surface area contributed by atoms with E-state index in [9.17, 15) is 31.2 Å². The molecule has 12 nitrogen and oxygen atoms in total. The van der Waals surface area contributed by atoms with Gasteiger partial charge in [-0.3, -0.25) is 14.1 Å². The van der Waals surface area contributed by atoms with Crippen molar-refractivity contribution in [1.82, 2.24) is 19.8 Å². The summed E-state index contributed by atoms with van der Waals surface area (Å²) in [7, 11) is -3.09. The predicted molar refractivity (Wildman–Crippen MR) is 132 cm³/mol. The van der Waals surface area contributed by atoms with Crippen molar-refractivity contribution in [3.8, 4) is 0 Å². The molecule has 1 aromatic carbocycles. The van der Waals surface area contributed by atoms with Gasteiger partial charge < -0.3 is 25.2 Å². The molecule has 3 heterocycles. The standard InChI is InChI=1S/C23H27F3N6O6S/c1-13(33)31(12-39(35,36)37)11-20(34)32-18-5-6-19(32)16-9-14(3-4-15(16)18)29-22-28-10-17(23(24,25)26)21(30-22)27-7-8-38-2/h3-4,9-10,18-19H,5-8,11-12H2,1-2H3,(H,35,36,37)(H2,27,28,29,30)/t18-,19+/m1/s1. The molecular weight excluding hydrogens is 545 g/mol. The molecule has 1 fully saturated rings. The number of hydrogen-bond acceptors (Lipinski definition) is 9. The van der Waals surface area contributed by atoms with Gasteiger partial charge in [0.25, 0.3) is 10.1 Å². The van der Waals surface area contributed by atoms with E-state index in [1.807, 2.05) is 0 Å². The number of aromatic nitrogens is 2. The molecule has 2 bridgehead atoms. The number of methoxy groups -OCH3 is 1. The van der Waals surface area contributed by atoms with Gasteiger partial charge in [-0.05, 0) is 36.1 Å². The van der Waals surface area contributed by atoms with E-state index >= 15 is 0 Å². The van der Waals surface area contributed by atoms with Crippen molar-refractivity contribution in [3.63, 3.8) is 0 Å². The summed E-state index contributed by atoms with van der Waals surface area (Å²) < 4.78 is 76.7. The van der Waals surface area contributed by atoms with Gasteiger partial charge in [0.1, 0.15) is 23.8 Å². The van der Waals surface area contributed by atoms with Crippen molar-refractivity contribution < 1.29 is 40.5 Å². The van der Waals surface area contributed by atoms with Crippen molar-refractivity contribution in [1.29, 1.82) is 0 Å². The molecule has 0 unspecified atom stereocenters. The highest BCUT2D eigenvalue weighted by Gasteiger charge is 2.46. The molecule has 2 atom stereocenters. The summed E-state index contributed by atoms with van der Waals surface area (Å²) in [6.07, 6.45) is -2.66. The molecule has 16 heteroatoms. The first-order chi connectivity index (χ1) is 18.3. The summed E-state index contributed by atoms with van der Waals surface area (Å²) in [6, 6.07) is 4.65. The van der Waals surface area contributed by atoms with Gasteiger partial charge in [-0.25, -0.2) is 4.98 Å². The highest BCUT2D eigenvalue weighted by atomic mass is 32.2.